The molecule has 0 bridgehead atoms. The third-order valence-electron chi connectivity index (χ3n) is 3.95. The van der Waals surface area contributed by atoms with Crippen molar-refractivity contribution in [3.05, 3.63) is 101 Å². The van der Waals surface area contributed by atoms with E-state index in [2.05, 4.69) is 0 Å². The lowest BCUT2D eigenvalue weighted by Gasteiger charge is -2.05. The number of methoxy groups -OCH3 is 1. The Hall–Kier alpha value is -3.73. The van der Waals surface area contributed by atoms with Gasteiger partial charge in [0.25, 0.3) is 0 Å². The molecule has 0 amide bonds. The Morgan fingerprint density at radius 1 is 0.857 bits per heavy atom. The van der Waals surface area contributed by atoms with E-state index in [-0.39, 0.29) is 11.3 Å². The van der Waals surface area contributed by atoms with Crippen molar-refractivity contribution in [1.82, 2.24) is 0 Å². The minimum absolute atomic E-state index is 0.156. The molecule has 0 aromatic heterocycles. The van der Waals surface area contributed by atoms with Gasteiger partial charge < -0.3 is 9.47 Å². The van der Waals surface area contributed by atoms with Gasteiger partial charge in [-0.1, -0.05) is 18.2 Å². The number of halogens is 1. The minimum atomic E-state index is -0.588. The van der Waals surface area contributed by atoms with Gasteiger partial charge >= 0.3 is 5.97 Å². The second kappa shape index (κ2) is 8.77. The second-order valence-electron chi connectivity index (χ2n) is 5.89. The van der Waals surface area contributed by atoms with E-state index >= 15 is 0 Å². The molecule has 0 aliphatic rings. The maximum atomic E-state index is 12.9. The first-order chi connectivity index (χ1) is 13.5. The molecule has 3 aromatic carbocycles. The number of benzene rings is 3. The van der Waals surface area contributed by atoms with Gasteiger partial charge in [-0.3, -0.25) is 4.79 Å². The number of ether oxygens (including phenoxy) is 2. The van der Waals surface area contributed by atoms with Crippen LogP contribution in [0.1, 0.15) is 26.3 Å². The highest BCUT2D eigenvalue weighted by atomic mass is 19.1. The molecule has 0 heterocycles. The zero-order valence-corrected chi connectivity index (χ0v) is 15.1. The summed E-state index contributed by atoms with van der Waals surface area (Å²) in [6, 6.07) is 18.7. The SMILES string of the molecule is COc1ccc(C(=O)C=Cc2cccc(OC(=O)c3ccc(F)cc3)c2)cc1. The van der Waals surface area contributed by atoms with Crippen LogP contribution in [0.5, 0.6) is 11.5 Å². The van der Waals surface area contributed by atoms with Crippen molar-refractivity contribution in [1.29, 1.82) is 0 Å². The summed E-state index contributed by atoms with van der Waals surface area (Å²) in [5, 5.41) is 0. The number of hydrogen-bond acceptors (Lipinski definition) is 4. The van der Waals surface area contributed by atoms with Crippen LogP contribution in [0, 0.1) is 5.82 Å². The topological polar surface area (TPSA) is 52.6 Å². The molecule has 0 saturated heterocycles. The molecular weight excluding hydrogens is 359 g/mol. The Morgan fingerprint density at radius 3 is 2.21 bits per heavy atom. The highest BCUT2D eigenvalue weighted by molar-refractivity contribution is 6.06. The number of allylic oxidation sites excluding steroid dienone is 1. The van der Waals surface area contributed by atoms with E-state index in [0.717, 1.165) is 0 Å². The Kier molecular flexibility index (Phi) is 5.97. The molecular formula is C23H17FO4. The summed E-state index contributed by atoms with van der Waals surface area (Å²) in [5.41, 5.74) is 1.49. The summed E-state index contributed by atoms with van der Waals surface area (Å²) in [5.74, 6) is -0.165. The van der Waals surface area contributed by atoms with Crippen molar-refractivity contribution in [2.45, 2.75) is 0 Å². The number of rotatable bonds is 6. The van der Waals surface area contributed by atoms with Crippen LogP contribution in [0.15, 0.2) is 78.9 Å². The van der Waals surface area contributed by atoms with Crippen LogP contribution in [0.25, 0.3) is 6.08 Å². The number of hydrogen-bond donors (Lipinski definition) is 0. The highest BCUT2D eigenvalue weighted by Crippen LogP contribution is 2.17. The number of carbonyl (C=O) groups excluding carboxylic acids is 2. The molecule has 0 fully saturated rings. The van der Waals surface area contributed by atoms with E-state index in [9.17, 15) is 14.0 Å². The number of ketones is 1. The van der Waals surface area contributed by atoms with Gasteiger partial charge in [0, 0.05) is 5.56 Å². The molecule has 5 heteroatoms. The van der Waals surface area contributed by atoms with Gasteiger partial charge in [-0.15, -0.1) is 0 Å². The average Bonchev–Trinajstić information content (AvgIpc) is 2.73. The molecule has 0 unspecified atom stereocenters. The van der Waals surface area contributed by atoms with E-state index in [1.807, 2.05) is 0 Å². The lowest BCUT2D eigenvalue weighted by atomic mass is 10.1. The van der Waals surface area contributed by atoms with Crippen LogP contribution < -0.4 is 9.47 Å². The molecule has 0 radical (unpaired) electrons. The molecule has 0 N–H and O–H groups in total. The van der Waals surface area contributed by atoms with Gasteiger partial charge in [-0.25, -0.2) is 9.18 Å². The van der Waals surface area contributed by atoms with Gasteiger partial charge in [0.15, 0.2) is 5.78 Å². The second-order valence-corrected chi connectivity index (χ2v) is 5.89. The molecule has 4 nitrogen and oxygen atoms in total. The standard InChI is InChI=1S/C23H17FO4/c1-27-20-12-8-17(9-13-20)22(25)14-5-16-3-2-4-21(15-16)28-23(26)18-6-10-19(24)11-7-18/h2-15H,1H3. The molecule has 140 valence electrons. The summed E-state index contributed by atoms with van der Waals surface area (Å²) >= 11 is 0. The normalized spacial score (nSPS) is 10.6. The smallest absolute Gasteiger partial charge is 0.343 e. The van der Waals surface area contributed by atoms with E-state index in [0.29, 0.717) is 22.6 Å². The van der Waals surface area contributed by atoms with Crippen molar-refractivity contribution < 1.29 is 23.5 Å². The first kappa shape index (κ1) is 19.0. The lowest BCUT2D eigenvalue weighted by Crippen LogP contribution is -2.08. The van der Waals surface area contributed by atoms with Crippen molar-refractivity contribution in [3.63, 3.8) is 0 Å². The van der Waals surface area contributed by atoms with E-state index in [4.69, 9.17) is 9.47 Å². The predicted molar refractivity (Wildman–Crippen MR) is 104 cm³/mol. The summed E-state index contributed by atoms with van der Waals surface area (Å²) in [6.07, 6.45) is 3.09. The third-order valence-corrected chi connectivity index (χ3v) is 3.95. The quantitative estimate of drug-likeness (QED) is 0.264. The summed E-state index contributed by atoms with van der Waals surface area (Å²) in [4.78, 5) is 24.4. The van der Waals surface area contributed by atoms with Crippen LogP contribution in [0.4, 0.5) is 4.39 Å². The Bertz CT molecular complexity index is 1010. The van der Waals surface area contributed by atoms with Crippen LogP contribution in [-0.4, -0.2) is 18.9 Å². The van der Waals surface area contributed by atoms with Gasteiger partial charge in [0.1, 0.15) is 17.3 Å². The summed E-state index contributed by atoms with van der Waals surface area (Å²) < 4.78 is 23.3. The zero-order valence-electron chi connectivity index (χ0n) is 15.1. The van der Waals surface area contributed by atoms with Gasteiger partial charge in [0.05, 0.1) is 12.7 Å². The molecule has 0 saturated carbocycles. The van der Waals surface area contributed by atoms with E-state index in [1.54, 1.807) is 61.7 Å². The minimum Gasteiger partial charge on any atom is -0.497 e. The van der Waals surface area contributed by atoms with Crippen LogP contribution in [0.3, 0.4) is 0 Å². The maximum Gasteiger partial charge on any atom is 0.343 e. The van der Waals surface area contributed by atoms with Gasteiger partial charge in [-0.05, 0) is 72.3 Å². The maximum absolute atomic E-state index is 12.9. The van der Waals surface area contributed by atoms with Crippen molar-refractivity contribution in [3.8, 4) is 11.5 Å². The number of esters is 1. The molecule has 28 heavy (non-hydrogen) atoms. The van der Waals surface area contributed by atoms with Crippen LogP contribution in [-0.2, 0) is 0 Å². The largest absolute Gasteiger partial charge is 0.497 e. The first-order valence-electron chi connectivity index (χ1n) is 8.49. The van der Waals surface area contributed by atoms with E-state index in [1.165, 1.54) is 30.3 Å². The van der Waals surface area contributed by atoms with E-state index < -0.39 is 11.8 Å². The van der Waals surface area contributed by atoms with Crippen molar-refractivity contribution >= 4 is 17.8 Å². The summed E-state index contributed by atoms with van der Waals surface area (Å²) in [6.45, 7) is 0. The van der Waals surface area contributed by atoms with Crippen molar-refractivity contribution in [2.24, 2.45) is 0 Å². The average molecular weight is 376 g/mol. The molecule has 0 aliphatic carbocycles. The van der Waals surface area contributed by atoms with Crippen LogP contribution in [0.2, 0.25) is 0 Å². The molecule has 0 atom stereocenters. The fourth-order valence-electron chi connectivity index (χ4n) is 2.46. The fraction of sp³-hybridized carbons (Fsp3) is 0.0435. The molecule has 0 spiro atoms. The number of carbonyl (C=O) groups is 2. The molecule has 3 aromatic rings. The zero-order chi connectivity index (χ0) is 19.9. The van der Waals surface area contributed by atoms with Crippen molar-refractivity contribution in [2.75, 3.05) is 7.11 Å². The Morgan fingerprint density at radius 2 is 1.54 bits per heavy atom. The lowest BCUT2D eigenvalue weighted by molar-refractivity contribution is 0.0734. The first-order valence-corrected chi connectivity index (χ1v) is 8.49. The summed E-state index contributed by atoms with van der Waals surface area (Å²) in [7, 11) is 1.56. The molecule has 3 rings (SSSR count). The highest BCUT2D eigenvalue weighted by Gasteiger charge is 2.09. The monoisotopic (exact) mass is 376 g/mol. The fourth-order valence-corrected chi connectivity index (χ4v) is 2.46. The van der Waals surface area contributed by atoms with Gasteiger partial charge in [0.2, 0.25) is 0 Å². The molecule has 0 aliphatic heterocycles. The Balaban J connectivity index is 1.68. The predicted octanol–water partition coefficient (Wildman–Crippen LogP) is 4.95. The van der Waals surface area contributed by atoms with Gasteiger partial charge in [-0.2, -0.15) is 0 Å². The van der Waals surface area contributed by atoms with Crippen LogP contribution >= 0.6 is 0 Å². The third kappa shape index (κ3) is 4.92. The Labute approximate surface area is 161 Å².